The van der Waals surface area contributed by atoms with Crippen LogP contribution >= 0.6 is 6.64 Å². The van der Waals surface area contributed by atoms with Gasteiger partial charge in [-0.2, -0.15) is 9.97 Å². The van der Waals surface area contributed by atoms with Crippen molar-refractivity contribution >= 4 is 53.1 Å². The Hall–Kier alpha value is -3.16. The molecule has 1 saturated heterocycles. The average Bonchev–Trinajstić information content (AvgIpc) is 3.51. The standard InChI is InChI=1S/C24H33N8O5PS/c1-14(25)18-11-17(36-22(18)32-13-27-19-20(31(3)4)28-24(26)29-21(19)32)12-35-38(39,30-15(2)23(33)34-5)37-16-9-7-6-8-10-16/h6-10,13,15,17-18,22,25H,11-12H2,1-5H3,(H,30,39)(H2,26,28,29)/t15-,17-,18+,22+,38+/m0/s1. The zero-order valence-electron chi connectivity index (χ0n) is 22.4. The van der Waals surface area contributed by atoms with Gasteiger partial charge < -0.3 is 34.6 Å². The van der Waals surface area contributed by atoms with Crippen LogP contribution in [0.25, 0.3) is 11.2 Å². The van der Waals surface area contributed by atoms with Crippen molar-refractivity contribution in [1.82, 2.24) is 24.6 Å². The van der Waals surface area contributed by atoms with Crippen molar-refractivity contribution in [3.8, 4) is 5.75 Å². The van der Waals surface area contributed by atoms with Crippen LogP contribution in [0, 0.1) is 11.3 Å². The highest BCUT2D eigenvalue weighted by Gasteiger charge is 2.40. The number of para-hydroxylation sites is 1. The van der Waals surface area contributed by atoms with Crippen LogP contribution in [0.1, 0.15) is 26.5 Å². The Morgan fingerprint density at radius 2 is 2.08 bits per heavy atom. The number of nitrogens with zero attached hydrogens (tertiary/aromatic N) is 5. The largest absolute Gasteiger partial charge is 0.468 e. The Kier molecular flexibility index (Phi) is 8.82. The summed E-state index contributed by atoms with van der Waals surface area (Å²) in [5.41, 5.74) is 7.51. The monoisotopic (exact) mass is 576 g/mol. The van der Waals surface area contributed by atoms with Crippen molar-refractivity contribution in [1.29, 1.82) is 5.41 Å². The maximum Gasteiger partial charge on any atom is 0.323 e. The second kappa shape index (κ2) is 11.9. The highest BCUT2D eigenvalue weighted by molar-refractivity contribution is 8.09. The Morgan fingerprint density at radius 1 is 1.36 bits per heavy atom. The first-order valence-electron chi connectivity index (χ1n) is 12.2. The van der Waals surface area contributed by atoms with Crippen LogP contribution in [-0.4, -0.2) is 71.2 Å². The lowest BCUT2D eigenvalue weighted by molar-refractivity contribution is -0.142. The van der Waals surface area contributed by atoms with Crippen molar-refractivity contribution in [2.75, 3.05) is 38.4 Å². The average molecular weight is 577 g/mol. The molecule has 0 spiro atoms. The first-order valence-corrected chi connectivity index (χ1v) is 14.9. The van der Waals surface area contributed by atoms with Crippen LogP contribution in [0.3, 0.4) is 0 Å². The molecule has 3 aromatic rings. The summed E-state index contributed by atoms with van der Waals surface area (Å²) in [4.78, 5) is 27.1. The Labute approximate surface area is 231 Å². The van der Waals surface area contributed by atoms with Gasteiger partial charge in [0.25, 0.3) is 0 Å². The number of benzene rings is 1. The fourth-order valence-electron chi connectivity index (χ4n) is 4.28. The first kappa shape index (κ1) is 28.8. The predicted molar refractivity (Wildman–Crippen MR) is 151 cm³/mol. The minimum Gasteiger partial charge on any atom is -0.468 e. The van der Waals surface area contributed by atoms with Gasteiger partial charge in [-0.1, -0.05) is 18.2 Å². The third-order valence-electron chi connectivity index (χ3n) is 6.17. The van der Waals surface area contributed by atoms with E-state index < -0.39 is 31.0 Å². The summed E-state index contributed by atoms with van der Waals surface area (Å²) in [7, 11) is 5.00. The van der Waals surface area contributed by atoms with Gasteiger partial charge in [0.1, 0.15) is 18.0 Å². The molecule has 0 radical (unpaired) electrons. The summed E-state index contributed by atoms with van der Waals surface area (Å²) in [5.74, 6) is 0.430. The molecule has 4 rings (SSSR count). The van der Waals surface area contributed by atoms with Crippen LogP contribution in [0.5, 0.6) is 5.75 Å². The molecule has 1 fully saturated rings. The van der Waals surface area contributed by atoms with E-state index in [-0.39, 0.29) is 18.5 Å². The van der Waals surface area contributed by atoms with E-state index in [0.29, 0.717) is 34.9 Å². The summed E-state index contributed by atoms with van der Waals surface area (Å²) in [6, 6.07) is 8.24. The molecule has 1 aliphatic heterocycles. The number of imidazole rings is 1. The number of rotatable bonds is 11. The highest BCUT2D eigenvalue weighted by atomic mass is 32.5. The molecular weight excluding hydrogens is 543 g/mol. The lowest BCUT2D eigenvalue weighted by Crippen LogP contribution is -2.35. The molecule has 0 amide bonds. The third kappa shape index (κ3) is 6.53. The van der Waals surface area contributed by atoms with E-state index in [1.807, 2.05) is 37.2 Å². The van der Waals surface area contributed by atoms with E-state index in [2.05, 4.69) is 20.0 Å². The zero-order chi connectivity index (χ0) is 28.3. The van der Waals surface area contributed by atoms with E-state index in [1.165, 1.54) is 7.11 Å². The van der Waals surface area contributed by atoms with E-state index >= 15 is 0 Å². The number of hydrogen-bond donors (Lipinski definition) is 3. The molecule has 5 atom stereocenters. The SMILES string of the molecule is COC(=O)[C@H](C)N[P@@](=S)(OC[C@@H]1C[C@H](C(C)=N)[C@H](n2cnc3c(N(C)C)nc(N)nc32)O1)Oc1ccccc1. The first-order chi connectivity index (χ1) is 18.5. The molecule has 3 heterocycles. The van der Waals surface area contributed by atoms with Crippen molar-refractivity contribution in [3.05, 3.63) is 36.7 Å². The molecular formula is C24H33N8O5PS. The van der Waals surface area contributed by atoms with E-state index in [1.54, 1.807) is 36.9 Å². The number of fused-ring (bicyclic) bond motifs is 1. The molecule has 0 saturated carbocycles. The fourth-order valence-corrected chi connectivity index (χ4v) is 6.72. The van der Waals surface area contributed by atoms with Gasteiger partial charge in [-0.25, -0.2) is 10.1 Å². The topological polar surface area (TPSA) is 163 Å². The molecule has 0 aliphatic carbocycles. The second-order valence-electron chi connectivity index (χ2n) is 9.37. The molecule has 0 bridgehead atoms. The van der Waals surface area contributed by atoms with E-state index in [9.17, 15) is 4.79 Å². The molecule has 39 heavy (non-hydrogen) atoms. The van der Waals surface area contributed by atoms with E-state index in [0.717, 1.165) is 0 Å². The van der Waals surface area contributed by atoms with Gasteiger partial charge in [0.15, 0.2) is 17.0 Å². The van der Waals surface area contributed by atoms with Gasteiger partial charge in [-0.05, 0) is 44.2 Å². The molecule has 2 aromatic heterocycles. The van der Waals surface area contributed by atoms with Gasteiger partial charge in [-0.3, -0.25) is 9.36 Å². The van der Waals surface area contributed by atoms with Gasteiger partial charge in [0.05, 0.1) is 26.1 Å². The maximum absolute atomic E-state index is 12.1. The van der Waals surface area contributed by atoms with Crippen molar-refractivity contribution < 1.29 is 23.3 Å². The predicted octanol–water partition coefficient (Wildman–Crippen LogP) is 2.89. The summed E-state index contributed by atoms with van der Waals surface area (Å²) < 4.78 is 25.2. The van der Waals surface area contributed by atoms with Crippen LogP contribution in [0.15, 0.2) is 36.7 Å². The summed E-state index contributed by atoms with van der Waals surface area (Å²) in [6.45, 7) is 0.213. The van der Waals surface area contributed by atoms with E-state index in [4.69, 9.17) is 41.5 Å². The number of nitrogens with one attached hydrogen (secondary N) is 2. The van der Waals surface area contributed by atoms with Crippen LogP contribution in [-0.2, 0) is 30.6 Å². The Morgan fingerprint density at radius 3 is 2.72 bits per heavy atom. The van der Waals surface area contributed by atoms with Crippen LogP contribution < -0.4 is 20.2 Å². The molecule has 13 nitrogen and oxygen atoms in total. The van der Waals surface area contributed by atoms with Gasteiger partial charge >= 0.3 is 12.6 Å². The number of ether oxygens (including phenoxy) is 2. The quantitative estimate of drug-likeness (QED) is 0.174. The summed E-state index contributed by atoms with van der Waals surface area (Å²) >= 11 is 5.77. The van der Waals surface area contributed by atoms with Gasteiger partial charge in [0, 0.05) is 25.7 Å². The lowest BCUT2D eigenvalue weighted by atomic mass is 9.98. The van der Waals surface area contributed by atoms with Crippen molar-refractivity contribution in [3.63, 3.8) is 0 Å². The number of carbonyl (C=O) groups is 1. The lowest BCUT2D eigenvalue weighted by Gasteiger charge is -2.27. The van der Waals surface area contributed by atoms with Gasteiger partial charge in [-0.15, -0.1) is 0 Å². The molecule has 15 heteroatoms. The summed E-state index contributed by atoms with van der Waals surface area (Å²) in [5, 5.41) is 11.4. The summed E-state index contributed by atoms with van der Waals surface area (Å²) in [6.07, 6.45) is 1.12. The highest BCUT2D eigenvalue weighted by Crippen LogP contribution is 2.47. The second-order valence-corrected chi connectivity index (χ2v) is 12.5. The molecule has 0 unspecified atom stereocenters. The smallest absolute Gasteiger partial charge is 0.323 e. The Bertz CT molecular complexity index is 1390. The Balaban J connectivity index is 1.56. The zero-order valence-corrected chi connectivity index (χ0v) is 24.1. The van der Waals surface area contributed by atoms with Crippen LogP contribution in [0.4, 0.5) is 11.8 Å². The molecule has 4 N–H and O–H groups in total. The van der Waals surface area contributed by atoms with Gasteiger partial charge in [0.2, 0.25) is 5.95 Å². The molecule has 210 valence electrons. The minimum absolute atomic E-state index is 0.0674. The third-order valence-corrected chi connectivity index (χ3v) is 8.67. The van der Waals surface area contributed by atoms with Crippen LogP contribution in [0.2, 0.25) is 0 Å². The molecule has 1 aliphatic rings. The number of hydrogen-bond acceptors (Lipinski definition) is 12. The van der Waals surface area contributed by atoms with Crippen molar-refractivity contribution in [2.24, 2.45) is 5.92 Å². The number of nitrogens with two attached hydrogens (primary N) is 1. The number of aromatic nitrogens is 4. The normalized spacial score (nSPS) is 21.3. The fraction of sp³-hybridized carbons (Fsp3) is 0.458. The minimum atomic E-state index is -3.22. The number of anilines is 2. The number of carbonyl (C=O) groups excluding carboxylic acids is 1. The maximum atomic E-state index is 12.1. The number of methoxy groups -OCH3 is 1. The number of esters is 1. The molecule has 1 aromatic carbocycles. The van der Waals surface area contributed by atoms with Crippen molar-refractivity contribution in [2.45, 2.75) is 38.6 Å². The number of nitrogen functional groups attached to an aromatic ring is 1.